The molecule has 130 valence electrons. The molecule has 0 radical (unpaired) electrons. The van der Waals surface area contributed by atoms with Crippen LogP contribution in [0.25, 0.3) is 0 Å². The zero-order valence-corrected chi connectivity index (χ0v) is 14.9. The van der Waals surface area contributed by atoms with Gasteiger partial charge < -0.3 is 9.47 Å². The van der Waals surface area contributed by atoms with Gasteiger partial charge in [-0.15, -0.1) is 0 Å². The molecular weight excluding hydrogens is 302 g/mol. The highest BCUT2D eigenvalue weighted by Crippen LogP contribution is 2.22. The van der Waals surface area contributed by atoms with E-state index in [9.17, 15) is 0 Å². The Bertz CT molecular complexity index is 581. The van der Waals surface area contributed by atoms with Crippen molar-refractivity contribution >= 4 is 0 Å². The molecule has 4 nitrogen and oxygen atoms in total. The Morgan fingerprint density at radius 1 is 0.917 bits per heavy atom. The Morgan fingerprint density at radius 3 is 2.12 bits per heavy atom. The Hall–Kier alpha value is -2.23. The van der Waals surface area contributed by atoms with E-state index in [1.54, 1.807) is 11.8 Å². The number of pyridine rings is 1. The van der Waals surface area contributed by atoms with Crippen LogP contribution in [0.15, 0.2) is 48.8 Å². The fourth-order valence-electron chi connectivity index (χ4n) is 2.42. The number of hydrogen-bond acceptors (Lipinski definition) is 3. The van der Waals surface area contributed by atoms with Gasteiger partial charge in [0, 0.05) is 16.9 Å². The predicted molar refractivity (Wildman–Crippen MR) is 94.5 cm³/mol. The molecule has 0 spiro atoms. The third kappa shape index (κ3) is 5.76. The minimum Gasteiger partial charge on any atom is -0.497 e. The van der Waals surface area contributed by atoms with E-state index < -0.39 is 0 Å². The largest absolute Gasteiger partial charge is 0.497 e. The van der Waals surface area contributed by atoms with E-state index >= 15 is 0 Å². The van der Waals surface area contributed by atoms with Crippen molar-refractivity contribution in [3.8, 4) is 17.2 Å². The van der Waals surface area contributed by atoms with Crippen molar-refractivity contribution in [2.24, 2.45) is 5.92 Å². The van der Waals surface area contributed by atoms with E-state index in [0.29, 0.717) is 5.92 Å². The van der Waals surface area contributed by atoms with Crippen LogP contribution in [0.1, 0.15) is 39.5 Å². The second-order valence-corrected chi connectivity index (χ2v) is 5.88. The summed E-state index contributed by atoms with van der Waals surface area (Å²) in [6.45, 7) is 5.20. The first-order chi connectivity index (χ1) is 11.7. The van der Waals surface area contributed by atoms with Crippen molar-refractivity contribution in [2.45, 2.75) is 39.5 Å². The lowest BCUT2D eigenvalue weighted by molar-refractivity contribution is -0.892. The van der Waals surface area contributed by atoms with Gasteiger partial charge in [0.1, 0.15) is 17.2 Å². The molecule has 4 heteroatoms. The first-order valence-corrected chi connectivity index (χ1v) is 8.71. The molecule has 0 N–H and O–H groups in total. The maximum atomic E-state index is 5.84. The first-order valence-electron chi connectivity index (χ1n) is 8.71. The van der Waals surface area contributed by atoms with Gasteiger partial charge in [-0.05, 0) is 43.0 Å². The third-order valence-corrected chi connectivity index (χ3v) is 4.07. The SMILES string of the molecule is CCCCC(CC)CO[n+]1ccc(Oc2ccc(OC)cc2)cc1. The molecule has 0 saturated heterocycles. The molecule has 24 heavy (non-hydrogen) atoms. The molecule has 1 atom stereocenters. The van der Waals surface area contributed by atoms with Crippen LogP contribution in [0.4, 0.5) is 0 Å². The molecule has 0 saturated carbocycles. The lowest BCUT2D eigenvalue weighted by Crippen LogP contribution is -2.43. The molecule has 0 bridgehead atoms. The van der Waals surface area contributed by atoms with Crippen LogP contribution in [-0.4, -0.2) is 13.7 Å². The van der Waals surface area contributed by atoms with E-state index in [1.165, 1.54) is 19.3 Å². The Morgan fingerprint density at radius 2 is 1.54 bits per heavy atom. The standard InChI is InChI=1S/C20H28NO3/c1-4-6-7-17(5-2)16-23-21-14-12-20(13-15-21)24-19-10-8-18(22-3)9-11-19/h8-15,17H,4-7,16H2,1-3H3/q+1. The van der Waals surface area contributed by atoms with E-state index in [2.05, 4.69) is 13.8 Å². The molecule has 2 aromatic rings. The first kappa shape index (κ1) is 18.1. The van der Waals surface area contributed by atoms with E-state index in [1.807, 2.05) is 48.8 Å². The molecule has 2 rings (SSSR count). The molecule has 0 amide bonds. The monoisotopic (exact) mass is 330 g/mol. The Balaban J connectivity index is 1.85. The average Bonchev–Trinajstić information content (AvgIpc) is 2.64. The highest BCUT2D eigenvalue weighted by atomic mass is 16.7. The fourth-order valence-corrected chi connectivity index (χ4v) is 2.42. The fraction of sp³-hybridized carbons (Fsp3) is 0.450. The summed E-state index contributed by atoms with van der Waals surface area (Å²) < 4.78 is 12.7. The van der Waals surface area contributed by atoms with Gasteiger partial charge >= 0.3 is 0 Å². The lowest BCUT2D eigenvalue weighted by atomic mass is 10.0. The molecule has 0 aliphatic carbocycles. The van der Waals surface area contributed by atoms with Crippen LogP contribution in [0, 0.1) is 5.92 Å². The molecule has 1 aromatic carbocycles. The van der Waals surface area contributed by atoms with Crippen LogP contribution in [0.3, 0.4) is 0 Å². The molecule has 0 aliphatic rings. The van der Waals surface area contributed by atoms with E-state index in [4.69, 9.17) is 14.3 Å². The van der Waals surface area contributed by atoms with Gasteiger partial charge in [0.15, 0.2) is 6.61 Å². The van der Waals surface area contributed by atoms with Crippen molar-refractivity contribution < 1.29 is 19.0 Å². The molecule has 0 aliphatic heterocycles. The van der Waals surface area contributed by atoms with Gasteiger partial charge in [0.2, 0.25) is 12.4 Å². The summed E-state index contributed by atoms with van der Waals surface area (Å²) in [5, 5.41) is 0. The smallest absolute Gasteiger partial charge is 0.226 e. The van der Waals surface area contributed by atoms with Gasteiger partial charge in [-0.3, -0.25) is 4.84 Å². The molecule has 1 unspecified atom stereocenters. The Kier molecular flexibility index (Phi) is 7.40. The zero-order chi connectivity index (χ0) is 17.2. The summed E-state index contributed by atoms with van der Waals surface area (Å²) in [6.07, 6.45) is 8.64. The number of aromatic nitrogens is 1. The van der Waals surface area contributed by atoms with Crippen molar-refractivity contribution in [3.05, 3.63) is 48.8 Å². The van der Waals surface area contributed by atoms with Gasteiger partial charge in [-0.1, -0.05) is 26.7 Å². The second-order valence-electron chi connectivity index (χ2n) is 5.88. The highest BCUT2D eigenvalue weighted by Gasteiger charge is 2.11. The summed E-state index contributed by atoms with van der Waals surface area (Å²) in [4.78, 5) is 5.84. The number of methoxy groups -OCH3 is 1. The topological polar surface area (TPSA) is 31.6 Å². The predicted octanol–water partition coefficient (Wildman–Crippen LogP) is 4.42. The minimum atomic E-state index is 0.618. The average molecular weight is 330 g/mol. The second kappa shape index (κ2) is 9.81. The maximum Gasteiger partial charge on any atom is 0.226 e. The molecular formula is C20H28NO3+. The maximum absolute atomic E-state index is 5.84. The number of nitrogens with zero attached hydrogens (tertiary/aromatic N) is 1. The number of rotatable bonds is 10. The van der Waals surface area contributed by atoms with Crippen molar-refractivity contribution in [1.82, 2.24) is 0 Å². The summed E-state index contributed by atoms with van der Waals surface area (Å²) in [5.41, 5.74) is 0. The zero-order valence-electron chi connectivity index (χ0n) is 14.9. The number of hydrogen-bond donors (Lipinski definition) is 0. The summed E-state index contributed by atoms with van der Waals surface area (Å²) >= 11 is 0. The van der Waals surface area contributed by atoms with Crippen LogP contribution in [0.5, 0.6) is 17.2 Å². The van der Waals surface area contributed by atoms with Crippen LogP contribution < -0.4 is 19.0 Å². The van der Waals surface area contributed by atoms with Crippen LogP contribution in [0.2, 0.25) is 0 Å². The Labute approximate surface area is 144 Å². The molecule has 1 heterocycles. The number of unbranched alkanes of at least 4 members (excludes halogenated alkanes) is 1. The summed E-state index contributed by atoms with van der Waals surface area (Å²) in [6, 6.07) is 11.3. The number of benzene rings is 1. The quantitative estimate of drug-likeness (QED) is 0.604. The van der Waals surface area contributed by atoms with Crippen molar-refractivity contribution in [1.29, 1.82) is 0 Å². The van der Waals surface area contributed by atoms with Crippen LogP contribution in [-0.2, 0) is 0 Å². The molecule has 1 aromatic heterocycles. The van der Waals surface area contributed by atoms with Crippen molar-refractivity contribution in [3.63, 3.8) is 0 Å². The number of ether oxygens (including phenoxy) is 2. The van der Waals surface area contributed by atoms with Crippen LogP contribution >= 0.6 is 0 Å². The van der Waals surface area contributed by atoms with Gasteiger partial charge in [0.05, 0.1) is 7.11 Å². The van der Waals surface area contributed by atoms with Gasteiger partial charge in [-0.25, -0.2) is 0 Å². The van der Waals surface area contributed by atoms with E-state index in [0.717, 1.165) is 30.3 Å². The third-order valence-electron chi connectivity index (χ3n) is 4.07. The summed E-state index contributed by atoms with van der Waals surface area (Å²) in [7, 11) is 1.65. The van der Waals surface area contributed by atoms with Crippen molar-refractivity contribution in [2.75, 3.05) is 13.7 Å². The lowest BCUT2D eigenvalue weighted by Gasteiger charge is -2.11. The molecule has 0 fully saturated rings. The minimum absolute atomic E-state index is 0.618. The summed E-state index contributed by atoms with van der Waals surface area (Å²) in [5.74, 6) is 2.99. The van der Waals surface area contributed by atoms with Gasteiger partial charge in [0.25, 0.3) is 0 Å². The van der Waals surface area contributed by atoms with Gasteiger partial charge in [-0.2, -0.15) is 0 Å². The van der Waals surface area contributed by atoms with E-state index in [-0.39, 0.29) is 0 Å². The highest BCUT2D eigenvalue weighted by molar-refractivity contribution is 5.34. The normalized spacial score (nSPS) is 11.8.